The molecular weight excluding hydrogens is 402 g/mol. The average Bonchev–Trinajstić information content (AvgIpc) is 2.84. The van der Waals surface area contributed by atoms with Crippen LogP contribution in [0.3, 0.4) is 0 Å². The summed E-state index contributed by atoms with van der Waals surface area (Å²) in [5.74, 6) is -0.0194. The number of benzene rings is 1. The van der Waals surface area contributed by atoms with Gasteiger partial charge in [-0.05, 0) is 24.5 Å². The van der Waals surface area contributed by atoms with Crippen LogP contribution in [0.1, 0.15) is 41.4 Å². The molecule has 1 fully saturated rings. The molecule has 0 atom stereocenters. The number of carbonyl (C=O) groups excluding carboxylic acids is 1. The molecule has 7 heteroatoms. The maximum absolute atomic E-state index is 13.2. The van der Waals surface area contributed by atoms with E-state index >= 15 is 0 Å². The number of hydrogen-bond donors (Lipinski definition) is 1. The molecule has 7 nitrogen and oxygen atoms in total. The lowest BCUT2D eigenvalue weighted by Crippen LogP contribution is -2.37. The summed E-state index contributed by atoms with van der Waals surface area (Å²) in [7, 11) is 0. The zero-order valence-corrected chi connectivity index (χ0v) is 18.5. The first-order chi connectivity index (χ1) is 15.7. The van der Waals surface area contributed by atoms with Gasteiger partial charge in [-0.25, -0.2) is 9.97 Å². The van der Waals surface area contributed by atoms with Crippen molar-refractivity contribution in [3.05, 3.63) is 65.7 Å². The standard InChI is InChI=1S/C25H29N5O2/c1-2-3-4-18-5-7-19(8-6-18)21-17-28-25(26)24(29-21)23(31)15-20-16-27-10-9-22(20)30-11-13-32-14-12-30/h5-10,16-17H,2-4,11-15H2,1H3,(H2,26,28). The molecule has 2 N–H and O–H groups in total. The van der Waals surface area contributed by atoms with E-state index in [2.05, 4.69) is 38.9 Å². The van der Waals surface area contributed by atoms with Gasteiger partial charge < -0.3 is 15.4 Å². The Kier molecular flexibility index (Phi) is 7.07. The molecule has 0 bridgehead atoms. The summed E-state index contributed by atoms with van der Waals surface area (Å²) < 4.78 is 5.45. The Labute approximate surface area is 188 Å². The van der Waals surface area contributed by atoms with Gasteiger partial charge in [0.05, 0.1) is 25.1 Å². The van der Waals surface area contributed by atoms with Crippen molar-refractivity contribution in [1.29, 1.82) is 0 Å². The highest BCUT2D eigenvalue weighted by Gasteiger charge is 2.20. The van der Waals surface area contributed by atoms with Gasteiger partial charge in [-0.3, -0.25) is 9.78 Å². The number of carbonyl (C=O) groups is 1. The first-order valence-electron chi connectivity index (χ1n) is 11.2. The van der Waals surface area contributed by atoms with Crippen molar-refractivity contribution in [2.45, 2.75) is 32.6 Å². The van der Waals surface area contributed by atoms with Gasteiger partial charge in [0.15, 0.2) is 11.6 Å². The first kappa shape index (κ1) is 21.9. The molecule has 1 aliphatic rings. The fraction of sp³-hybridized carbons (Fsp3) is 0.360. The van der Waals surface area contributed by atoms with E-state index in [0.29, 0.717) is 18.9 Å². The van der Waals surface area contributed by atoms with Crippen LogP contribution in [-0.2, 0) is 17.6 Å². The van der Waals surface area contributed by atoms with Crippen LogP contribution in [0.4, 0.5) is 11.5 Å². The summed E-state index contributed by atoms with van der Waals surface area (Å²) in [6, 6.07) is 10.2. The Bertz CT molecular complexity index is 1060. The van der Waals surface area contributed by atoms with Gasteiger partial charge in [0.25, 0.3) is 0 Å². The van der Waals surface area contributed by atoms with Crippen LogP contribution in [0.15, 0.2) is 48.9 Å². The number of ketones is 1. The number of unbranched alkanes of at least 4 members (excludes halogenated alkanes) is 1. The van der Waals surface area contributed by atoms with Crippen molar-refractivity contribution in [1.82, 2.24) is 15.0 Å². The molecule has 1 saturated heterocycles. The van der Waals surface area contributed by atoms with E-state index in [0.717, 1.165) is 36.3 Å². The Balaban J connectivity index is 1.55. The number of ether oxygens (including phenoxy) is 1. The van der Waals surface area contributed by atoms with E-state index in [9.17, 15) is 4.79 Å². The molecule has 0 spiro atoms. The third kappa shape index (κ3) is 5.11. The molecule has 0 amide bonds. The van der Waals surface area contributed by atoms with Gasteiger partial charge >= 0.3 is 0 Å². The lowest BCUT2D eigenvalue weighted by Gasteiger charge is -2.30. The number of rotatable bonds is 8. The third-order valence-corrected chi connectivity index (χ3v) is 5.71. The van der Waals surface area contributed by atoms with Crippen molar-refractivity contribution in [3.8, 4) is 11.3 Å². The SMILES string of the molecule is CCCCc1ccc(-c2cnc(N)c(C(=O)Cc3cnccc3N3CCOCC3)n2)cc1. The van der Waals surface area contributed by atoms with E-state index < -0.39 is 0 Å². The number of aryl methyl sites for hydroxylation is 1. The highest BCUT2D eigenvalue weighted by molar-refractivity contribution is 6.00. The summed E-state index contributed by atoms with van der Waals surface area (Å²) in [5.41, 5.74) is 11.0. The van der Waals surface area contributed by atoms with Crippen molar-refractivity contribution in [2.75, 3.05) is 36.9 Å². The summed E-state index contributed by atoms with van der Waals surface area (Å²) in [6.07, 6.45) is 8.67. The van der Waals surface area contributed by atoms with Crippen molar-refractivity contribution in [2.24, 2.45) is 0 Å². The minimum atomic E-state index is -0.168. The summed E-state index contributed by atoms with van der Waals surface area (Å²) in [5, 5.41) is 0. The number of aromatic nitrogens is 3. The fourth-order valence-electron chi connectivity index (χ4n) is 3.89. The molecule has 3 heterocycles. The predicted molar refractivity (Wildman–Crippen MR) is 126 cm³/mol. The second-order valence-electron chi connectivity index (χ2n) is 7.99. The molecule has 0 aliphatic carbocycles. The number of nitrogens with zero attached hydrogens (tertiary/aromatic N) is 4. The highest BCUT2D eigenvalue weighted by atomic mass is 16.5. The van der Waals surface area contributed by atoms with Crippen LogP contribution >= 0.6 is 0 Å². The van der Waals surface area contributed by atoms with Gasteiger partial charge in [0.2, 0.25) is 0 Å². The van der Waals surface area contributed by atoms with E-state index in [-0.39, 0.29) is 23.7 Å². The lowest BCUT2D eigenvalue weighted by molar-refractivity contribution is 0.0988. The zero-order valence-electron chi connectivity index (χ0n) is 18.5. The largest absolute Gasteiger partial charge is 0.382 e. The maximum Gasteiger partial charge on any atom is 0.189 e. The monoisotopic (exact) mass is 431 g/mol. The van der Waals surface area contributed by atoms with E-state index in [1.807, 2.05) is 18.2 Å². The zero-order chi connectivity index (χ0) is 22.3. The topological polar surface area (TPSA) is 94.2 Å². The van der Waals surface area contributed by atoms with Gasteiger partial charge in [-0.15, -0.1) is 0 Å². The summed E-state index contributed by atoms with van der Waals surface area (Å²) >= 11 is 0. The van der Waals surface area contributed by atoms with Crippen LogP contribution < -0.4 is 10.6 Å². The number of Topliss-reactive ketones (excluding diaryl/α,β-unsaturated/α-hetero) is 1. The average molecular weight is 432 g/mol. The van der Waals surface area contributed by atoms with E-state index in [1.165, 1.54) is 18.4 Å². The van der Waals surface area contributed by atoms with Crippen LogP contribution in [0, 0.1) is 0 Å². The Morgan fingerprint density at radius 1 is 1.12 bits per heavy atom. The molecule has 4 rings (SSSR count). The van der Waals surface area contributed by atoms with Gasteiger partial charge in [0.1, 0.15) is 5.69 Å². The minimum Gasteiger partial charge on any atom is -0.382 e. The quantitative estimate of drug-likeness (QED) is 0.543. The number of nitrogens with two attached hydrogens (primary N) is 1. The smallest absolute Gasteiger partial charge is 0.189 e. The van der Waals surface area contributed by atoms with Crippen LogP contribution in [0.2, 0.25) is 0 Å². The van der Waals surface area contributed by atoms with E-state index in [4.69, 9.17) is 10.5 Å². The molecular formula is C25H29N5O2. The fourth-order valence-corrected chi connectivity index (χ4v) is 3.89. The molecule has 32 heavy (non-hydrogen) atoms. The Morgan fingerprint density at radius 2 is 1.91 bits per heavy atom. The van der Waals surface area contributed by atoms with Crippen LogP contribution in [0.5, 0.6) is 0 Å². The summed E-state index contributed by atoms with van der Waals surface area (Å²) in [4.78, 5) is 28.5. The molecule has 3 aromatic rings. The second-order valence-corrected chi connectivity index (χ2v) is 7.99. The number of anilines is 2. The molecule has 2 aromatic heterocycles. The van der Waals surface area contributed by atoms with Crippen LogP contribution in [-0.4, -0.2) is 47.0 Å². The number of pyridine rings is 1. The number of hydrogen-bond acceptors (Lipinski definition) is 7. The minimum absolute atomic E-state index is 0.148. The molecule has 0 saturated carbocycles. The molecule has 0 unspecified atom stereocenters. The Morgan fingerprint density at radius 3 is 2.66 bits per heavy atom. The first-order valence-corrected chi connectivity index (χ1v) is 11.2. The third-order valence-electron chi connectivity index (χ3n) is 5.71. The molecule has 0 radical (unpaired) electrons. The van der Waals surface area contributed by atoms with Crippen LogP contribution in [0.25, 0.3) is 11.3 Å². The molecule has 166 valence electrons. The van der Waals surface area contributed by atoms with Gasteiger partial charge in [0, 0.05) is 48.7 Å². The van der Waals surface area contributed by atoms with Crippen molar-refractivity contribution >= 4 is 17.3 Å². The predicted octanol–water partition coefficient (Wildman–Crippen LogP) is 3.73. The number of nitrogen functional groups attached to an aromatic ring is 1. The maximum atomic E-state index is 13.2. The second kappa shape index (κ2) is 10.3. The lowest BCUT2D eigenvalue weighted by atomic mass is 10.0. The Hall–Kier alpha value is -3.32. The molecule has 1 aromatic carbocycles. The van der Waals surface area contributed by atoms with E-state index in [1.54, 1.807) is 18.6 Å². The van der Waals surface area contributed by atoms with Gasteiger partial charge in [-0.1, -0.05) is 37.6 Å². The molecule has 1 aliphatic heterocycles. The van der Waals surface area contributed by atoms with Gasteiger partial charge in [-0.2, -0.15) is 0 Å². The summed E-state index contributed by atoms with van der Waals surface area (Å²) in [6.45, 7) is 5.11. The number of morpholine rings is 1. The van der Waals surface area contributed by atoms with Crippen molar-refractivity contribution < 1.29 is 9.53 Å². The van der Waals surface area contributed by atoms with Crippen molar-refractivity contribution in [3.63, 3.8) is 0 Å². The normalized spacial score (nSPS) is 13.8. The highest BCUT2D eigenvalue weighted by Crippen LogP contribution is 2.24.